The van der Waals surface area contributed by atoms with Crippen molar-refractivity contribution in [3.05, 3.63) is 113 Å². The van der Waals surface area contributed by atoms with Gasteiger partial charge in [0, 0.05) is 5.56 Å². The summed E-state index contributed by atoms with van der Waals surface area (Å²) in [6.07, 6.45) is -2.47. The summed E-state index contributed by atoms with van der Waals surface area (Å²) >= 11 is 0. The number of hydrogen-bond donors (Lipinski definition) is 1. The van der Waals surface area contributed by atoms with Gasteiger partial charge in [-0.3, -0.25) is 4.90 Å². The molecule has 0 spiro atoms. The fraction of sp³-hybridized carbons (Fsp3) is 0.235. The van der Waals surface area contributed by atoms with Gasteiger partial charge in [0.25, 0.3) is 0 Å². The summed E-state index contributed by atoms with van der Waals surface area (Å²) in [5, 5.41) is 9.34. The maximum Gasteiger partial charge on any atom is 0.416 e. The molecule has 1 amide bonds. The molecule has 44 heavy (non-hydrogen) atoms. The zero-order valence-corrected chi connectivity index (χ0v) is 24.5. The van der Waals surface area contributed by atoms with Crippen LogP contribution < -0.4 is 4.74 Å². The maximum atomic E-state index is 14.1. The minimum Gasteiger partial charge on any atom is -0.496 e. The number of methoxy groups -OCH3 is 1. The molecule has 1 N–H and O–H groups in total. The van der Waals surface area contributed by atoms with Crippen molar-refractivity contribution < 1.29 is 41.7 Å². The average molecular weight is 610 g/mol. The molecule has 2 atom stereocenters. The van der Waals surface area contributed by atoms with Crippen molar-refractivity contribution in [3.8, 4) is 28.0 Å². The molecule has 1 aliphatic heterocycles. The second kappa shape index (κ2) is 12.8. The first-order valence-corrected chi connectivity index (χ1v) is 13.6. The monoisotopic (exact) mass is 609 g/mol. The molecule has 0 radical (unpaired) electrons. The average Bonchev–Trinajstić information content (AvgIpc) is 3.25. The lowest BCUT2D eigenvalue weighted by Gasteiger charge is -2.24. The van der Waals surface area contributed by atoms with Gasteiger partial charge in [0.05, 0.1) is 30.8 Å². The maximum absolute atomic E-state index is 14.1. The van der Waals surface area contributed by atoms with E-state index in [4.69, 9.17) is 9.47 Å². The Labute approximate surface area is 252 Å². The Bertz CT molecular complexity index is 1670. The van der Waals surface area contributed by atoms with Gasteiger partial charge < -0.3 is 14.6 Å². The van der Waals surface area contributed by atoms with E-state index >= 15 is 0 Å². The topological polar surface area (TPSA) is 76.1 Å². The van der Waals surface area contributed by atoms with Gasteiger partial charge in [-0.2, -0.15) is 13.2 Å². The first-order chi connectivity index (χ1) is 20.7. The van der Waals surface area contributed by atoms with Crippen LogP contribution in [0.5, 0.6) is 5.75 Å². The Balaban J connectivity index is 1.80. The number of benzene rings is 3. The van der Waals surface area contributed by atoms with E-state index in [1.807, 2.05) is 0 Å². The molecule has 3 aromatic rings. The molecule has 0 aliphatic carbocycles. The molecule has 10 heteroatoms. The summed E-state index contributed by atoms with van der Waals surface area (Å²) in [5.41, 5.74) is 2.55. The third-order valence-corrected chi connectivity index (χ3v) is 7.45. The van der Waals surface area contributed by atoms with E-state index in [9.17, 15) is 32.3 Å². The quantitative estimate of drug-likeness (QED) is 0.194. The highest BCUT2D eigenvalue weighted by molar-refractivity contribution is 5.89. The van der Waals surface area contributed by atoms with Crippen molar-refractivity contribution in [2.75, 3.05) is 7.11 Å². The lowest BCUT2D eigenvalue weighted by Crippen LogP contribution is -2.34. The molecule has 0 saturated carbocycles. The molecular formula is C34H31F4NO5. The lowest BCUT2D eigenvalue weighted by atomic mass is 9.91. The summed E-state index contributed by atoms with van der Waals surface area (Å²) in [6.45, 7) is 8.64. The van der Waals surface area contributed by atoms with Crippen LogP contribution in [0.3, 0.4) is 0 Å². The standard InChI is InChI=1S/C34H31F4NO5/c1-6-7-26(35)15-20(3)31-21(4)39(33(42)44-31)18-24-16-25(34(36,37)38)10-12-28(24)29-17-22(9-13-30(29)43-5)27-11-8-23(32(40)41)14-19(27)2/h6-17,21,31H,3,18H2,1-2,4-5H3,(H,40,41)/b7-6-,26-15+/t21-,31+/m0/s1. The number of halogens is 4. The number of carboxylic acids is 1. The van der Waals surface area contributed by atoms with Crippen LogP contribution in [0.2, 0.25) is 0 Å². The smallest absolute Gasteiger partial charge is 0.416 e. The fourth-order valence-corrected chi connectivity index (χ4v) is 5.22. The summed E-state index contributed by atoms with van der Waals surface area (Å²) in [6, 6.07) is 12.5. The molecule has 3 aromatic carbocycles. The minimum absolute atomic E-state index is 0.123. The van der Waals surface area contributed by atoms with Crippen LogP contribution in [0.1, 0.15) is 40.9 Å². The minimum atomic E-state index is -4.65. The van der Waals surface area contributed by atoms with Crippen molar-refractivity contribution in [3.63, 3.8) is 0 Å². The van der Waals surface area contributed by atoms with Gasteiger partial charge in [-0.25, -0.2) is 14.0 Å². The van der Waals surface area contributed by atoms with E-state index in [1.165, 1.54) is 42.4 Å². The lowest BCUT2D eigenvalue weighted by molar-refractivity contribution is -0.137. The fourth-order valence-electron chi connectivity index (χ4n) is 5.22. The summed E-state index contributed by atoms with van der Waals surface area (Å²) in [5.74, 6) is -1.27. The Kier molecular flexibility index (Phi) is 9.32. The zero-order chi connectivity index (χ0) is 32.3. The number of hydrogen-bond acceptors (Lipinski definition) is 4. The van der Waals surface area contributed by atoms with E-state index in [0.29, 0.717) is 28.0 Å². The number of aryl methyl sites for hydroxylation is 1. The van der Waals surface area contributed by atoms with Crippen LogP contribution >= 0.6 is 0 Å². The Morgan fingerprint density at radius 1 is 1.09 bits per heavy atom. The predicted molar refractivity (Wildman–Crippen MR) is 159 cm³/mol. The van der Waals surface area contributed by atoms with Gasteiger partial charge in [-0.05, 0) is 103 Å². The third-order valence-electron chi connectivity index (χ3n) is 7.45. The van der Waals surface area contributed by atoms with Crippen molar-refractivity contribution in [1.82, 2.24) is 4.90 Å². The van der Waals surface area contributed by atoms with E-state index in [2.05, 4.69) is 6.58 Å². The second-order valence-electron chi connectivity index (χ2n) is 10.4. The van der Waals surface area contributed by atoms with Gasteiger partial charge in [-0.1, -0.05) is 30.9 Å². The molecule has 4 rings (SSSR count). The number of alkyl halides is 3. The molecule has 230 valence electrons. The normalized spacial score (nSPS) is 17.2. The Hall–Kier alpha value is -4.86. The van der Waals surface area contributed by atoms with Crippen LogP contribution in [0, 0.1) is 6.92 Å². The molecule has 0 unspecified atom stereocenters. The van der Waals surface area contributed by atoms with Crippen molar-refractivity contribution in [1.29, 1.82) is 0 Å². The Morgan fingerprint density at radius 2 is 1.80 bits per heavy atom. The van der Waals surface area contributed by atoms with Crippen LogP contribution in [0.15, 0.2) is 90.8 Å². The van der Waals surface area contributed by atoms with Gasteiger partial charge >= 0.3 is 18.2 Å². The number of allylic oxidation sites excluding steroid dienone is 3. The van der Waals surface area contributed by atoms with Crippen LogP contribution in [0.25, 0.3) is 22.3 Å². The van der Waals surface area contributed by atoms with E-state index in [0.717, 1.165) is 23.8 Å². The number of ether oxygens (including phenoxy) is 2. The van der Waals surface area contributed by atoms with Crippen LogP contribution in [-0.2, 0) is 17.5 Å². The van der Waals surface area contributed by atoms with Crippen LogP contribution in [0.4, 0.5) is 22.4 Å². The second-order valence-corrected chi connectivity index (χ2v) is 10.4. The van der Waals surface area contributed by atoms with E-state index < -0.39 is 41.8 Å². The number of cyclic esters (lactones) is 1. The van der Waals surface area contributed by atoms with E-state index in [1.54, 1.807) is 45.0 Å². The Morgan fingerprint density at radius 3 is 2.41 bits per heavy atom. The largest absolute Gasteiger partial charge is 0.496 e. The highest BCUT2D eigenvalue weighted by atomic mass is 19.4. The number of nitrogens with zero attached hydrogens (tertiary/aromatic N) is 1. The zero-order valence-electron chi connectivity index (χ0n) is 24.5. The van der Waals surface area contributed by atoms with Gasteiger partial charge in [0.1, 0.15) is 17.7 Å². The molecule has 0 aromatic heterocycles. The van der Waals surface area contributed by atoms with Crippen LogP contribution in [-0.4, -0.2) is 41.3 Å². The first kappa shape index (κ1) is 32.1. The predicted octanol–water partition coefficient (Wildman–Crippen LogP) is 8.75. The first-order valence-electron chi connectivity index (χ1n) is 13.6. The van der Waals surface area contributed by atoms with Gasteiger partial charge in [-0.15, -0.1) is 0 Å². The molecular weight excluding hydrogens is 578 g/mol. The van der Waals surface area contributed by atoms with Crippen molar-refractivity contribution in [2.45, 2.75) is 45.6 Å². The molecule has 1 saturated heterocycles. The van der Waals surface area contributed by atoms with Crippen molar-refractivity contribution in [2.24, 2.45) is 0 Å². The van der Waals surface area contributed by atoms with Gasteiger partial charge in [0.2, 0.25) is 0 Å². The van der Waals surface area contributed by atoms with Crippen molar-refractivity contribution >= 4 is 12.1 Å². The number of carbonyl (C=O) groups is 2. The molecule has 6 nitrogen and oxygen atoms in total. The number of carbonyl (C=O) groups excluding carboxylic acids is 1. The highest BCUT2D eigenvalue weighted by Crippen LogP contribution is 2.41. The molecule has 0 bridgehead atoms. The number of carboxylic acid groups (broad SMARTS) is 1. The molecule has 1 heterocycles. The highest BCUT2D eigenvalue weighted by Gasteiger charge is 2.40. The summed E-state index contributed by atoms with van der Waals surface area (Å²) in [4.78, 5) is 25.7. The summed E-state index contributed by atoms with van der Waals surface area (Å²) < 4.78 is 66.7. The SMILES string of the molecule is C=C(/C=C(F)\C=C/C)[C@H]1OC(=O)N(Cc2cc(C(F)(F)F)ccc2-c2cc(-c3ccc(C(=O)O)cc3C)ccc2OC)[C@H]1C. The number of amides is 1. The number of aromatic carboxylic acids is 1. The van der Waals surface area contributed by atoms with Gasteiger partial charge in [0.15, 0.2) is 0 Å². The van der Waals surface area contributed by atoms with E-state index in [-0.39, 0.29) is 23.2 Å². The third kappa shape index (κ3) is 6.69. The molecule has 1 fully saturated rings. The molecule has 1 aliphatic rings. The number of rotatable bonds is 9. The summed E-state index contributed by atoms with van der Waals surface area (Å²) in [7, 11) is 1.44.